The van der Waals surface area contributed by atoms with E-state index in [9.17, 15) is 19.8 Å². The van der Waals surface area contributed by atoms with Gasteiger partial charge in [0.05, 0.1) is 25.4 Å². The van der Waals surface area contributed by atoms with Gasteiger partial charge in [-0.15, -0.1) is 0 Å². The largest absolute Gasteiger partial charge is 0.466 e. The number of ether oxygens (including phenoxy) is 1. The van der Waals surface area contributed by atoms with Crippen LogP contribution in [0.2, 0.25) is 0 Å². The number of aliphatic hydroxyl groups excluding tert-OH is 2. The first kappa shape index (κ1) is 69.8. The predicted octanol–water partition coefficient (Wildman–Crippen LogP) is 20.1. The third kappa shape index (κ3) is 57.1. The summed E-state index contributed by atoms with van der Waals surface area (Å²) in [5.74, 6) is -0.0844. The smallest absolute Gasteiger partial charge is 0.305 e. The Hall–Kier alpha value is -2.18. The molecule has 0 saturated heterocycles. The van der Waals surface area contributed by atoms with Crippen LogP contribution >= 0.6 is 0 Å². The molecule has 0 radical (unpaired) electrons. The summed E-state index contributed by atoms with van der Waals surface area (Å²) in [5.41, 5.74) is 0. The standard InChI is InChI=1S/C66H123NO5/c1-3-5-7-9-11-13-15-17-19-21-22-23-24-25-26-28-30-34-38-42-46-50-54-58-64(69)63(62-68)67-65(70)59-55-51-47-43-39-35-31-29-33-37-41-45-49-53-57-61-72-66(71)60-56-52-48-44-40-36-32-27-20-18-16-14-12-10-8-6-4-2/h12,14,18,20,29,33,37,41,63-64,68-69H,3-11,13,15-17,19,21-28,30-32,34-36,38-40,42-62H2,1-2H3,(H,67,70)/b14-12-,20-18-,33-29-,41-37-. The molecule has 0 spiro atoms. The molecule has 6 nitrogen and oxygen atoms in total. The van der Waals surface area contributed by atoms with Crippen LogP contribution in [0.4, 0.5) is 0 Å². The molecule has 2 atom stereocenters. The highest BCUT2D eigenvalue weighted by Crippen LogP contribution is 2.18. The molecule has 72 heavy (non-hydrogen) atoms. The third-order valence-corrected chi connectivity index (χ3v) is 14.6. The van der Waals surface area contributed by atoms with E-state index in [0.717, 1.165) is 83.5 Å². The zero-order chi connectivity index (χ0) is 52.2. The van der Waals surface area contributed by atoms with Crippen LogP contribution in [-0.4, -0.2) is 47.4 Å². The second kappa shape index (κ2) is 61.4. The van der Waals surface area contributed by atoms with Gasteiger partial charge in [-0.05, 0) is 89.9 Å². The lowest BCUT2D eigenvalue weighted by Gasteiger charge is -2.22. The van der Waals surface area contributed by atoms with Gasteiger partial charge in [0.1, 0.15) is 0 Å². The Morgan fingerprint density at radius 2 is 0.736 bits per heavy atom. The molecule has 0 aliphatic rings. The lowest BCUT2D eigenvalue weighted by Crippen LogP contribution is -2.45. The van der Waals surface area contributed by atoms with Gasteiger partial charge in [0.2, 0.25) is 5.91 Å². The highest BCUT2D eigenvalue weighted by Gasteiger charge is 2.20. The Kier molecular flexibility index (Phi) is 59.5. The van der Waals surface area contributed by atoms with E-state index in [1.807, 2.05) is 0 Å². The molecule has 1 amide bonds. The summed E-state index contributed by atoms with van der Waals surface area (Å²) in [6, 6.07) is -0.561. The molecule has 3 N–H and O–H groups in total. The minimum Gasteiger partial charge on any atom is -0.466 e. The minimum atomic E-state index is -0.681. The number of carbonyl (C=O) groups excluding carboxylic acids is 2. The van der Waals surface area contributed by atoms with E-state index in [1.165, 1.54) is 218 Å². The molecule has 0 rings (SSSR count). The van der Waals surface area contributed by atoms with Crippen molar-refractivity contribution in [1.29, 1.82) is 0 Å². The Bertz CT molecular complexity index is 1210. The predicted molar refractivity (Wildman–Crippen MR) is 315 cm³/mol. The molecule has 0 aromatic carbocycles. The van der Waals surface area contributed by atoms with Crippen LogP contribution in [0.3, 0.4) is 0 Å². The van der Waals surface area contributed by atoms with E-state index < -0.39 is 12.1 Å². The molecule has 422 valence electrons. The summed E-state index contributed by atoms with van der Waals surface area (Å²) >= 11 is 0. The van der Waals surface area contributed by atoms with Crippen LogP contribution < -0.4 is 5.32 Å². The summed E-state index contributed by atoms with van der Waals surface area (Å²) in [7, 11) is 0. The van der Waals surface area contributed by atoms with Crippen molar-refractivity contribution in [3.05, 3.63) is 48.6 Å². The first-order valence-corrected chi connectivity index (χ1v) is 31.9. The van der Waals surface area contributed by atoms with Crippen LogP contribution in [0, 0.1) is 0 Å². The van der Waals surface area contributed by atoms with Crippen molar-refractivity contribution < 1.29 is 24.5 Å². The zero-order valence-corrected chi connectivity index (χ0v) is 48.2. The first-order chi connectivity index (χ1) is 35.5. The van der Waals surface area contributed by atoms with Crippen LogP contribution in [0.15, 0.2) is 48.6 Å². The minimum absolute atomic E-state index is 0.0291. The second-order valence-electron chi connectivity index (χ2n) is 21.8. The molecule has 0 aromatic rings. The van der Waals surface area contributed by atoms with Gasteiger partial charge in [-0.3, -0.25) is 9.59 Å². The van der Waals surface area contributed by atoms with Crippen LogP contribution in [0.1, 0.15) is 335 Å². The van der Waals surface area contributed by atoms with Gasteiger partial charge in [-0.25, -0.2) is 0 Å². The number of nitrogens with one attached hydrogen (secondary N) is 1. The number of unbranched alkanes of at least 4 members (excludes halogenated alkanes) is 41. The molecule has 0 saturated carbocycles. The van der Waals surface area contributed by atoms with Gasteiger partial charge in [0.15, 0.2) is 0 Å². The van der Waals surface area contributed by atoms with E-state index >= 15 is 0 Å². The van der Waals surface area contributed by atoms with Crippen LogP contribution in [0.25, 0.3) is 0 Å². The third-order valence-electron chi connectivity index (χ3n) is 14.6. The Balaban J connectivity index is 3.51. The molecule has 0 aliphatic carbocycles. The van der Waals surface area contributed by atoms with Gasteiger partial charge in [-0.2, -0.15) is 0 Å². The van der Waals surface area contributed by atoms with Crippen molar-refractivity contribution in [2.45, 2.75) is 347 Å². The molecule has 0 fully saturated rings. The van der Waals surface area contributed by atoms with Crippen molar-refractivity contribution >= 4 is 11.9 Å². The van der Waals surface area contributed by atoms with Crippen molar-refractivity contribution in [3.8, 4) is 0 Å². The fraction of sp³-hybridized carbons (Fsp3) is 0.848. The summed E-state index contributed by atoms with van der Waals surface area (Å²) in [5, 5.41) is 23.4. The summed E-state index contributed by atoms with van der Waals surface area (Å²) in [6.07, 6.45) is 78.3. The van der Waals surface area contributed by atoms with Crippen molar-refractivity contribution in [2.24, 2.45) is 0 Å². The summed E-state index contributed by atoms with van der Waals surface area (Å²) < 4.78 is 5.46. The number of amides is 1. The topological polar surface area (TPSA) is 95.9 Å². The maximum Gasteiger partial charge on any atom is 0.305 e. The molecule has 0 bridgehead atoms. The van der Waals surface area contributed by atoms with Gasteiger partial charge < -0.3 is 20.3 Å². The Morgan fingerprint density at radius 1 is 0.403 bits per heavy atom. The lowest BCUT2D eigenvalue weighted by atomic mass is 10.0. The van der Waals surface area contributed by atoms with Gasteiger partial charge >= 0.3 is 5.97 Å². The molecule has 0 aromatic heterocycles. The molecule has 6 heteroatoms. The fourth-order valence-electron chi connectivity index (χ4n) is 9.72. The normalized spacial score (nSPS) is 12.9. The number of hydrogen-bond donors (Lipinski definition) is 3. The monoisotopic (exact) mass is 1010 g/mol. The fourth-order valence-corrected chi connectivity index (χ4v) is 9.72. The number of allylic oxidation sites excluding steroid dienone is 8. The number of carbonyl (C=O) groups is 2. The van der Waals surface area contributed by atoms with Crippen molar-refractivity contribution in [1.82, 2.24) is 5.32 Å². The van der Waals surface area contributed by atoms with E-state index in [0.29, 0.717) is 25.9 Å². The molecule has 0 heterocycles. The maximum absolute atomic E-state index is 12.5. The van der Waals surface area contributed by atoms with Crippen LogP contribution in [0.5, 0.6) is 0 Å². The highest BCUT2D eigenvalue weighted by molar-refractivity contribution is 5.76. The zero-order valence-electron chi connectivity index (χ0n) is 48.2. The Labute approximate surface area is 448 Å². The van der Waals surface area contributed by atoms with Gasteiger partial charge in [-0.1, -0.05) is 281 Å². The first-order valence-electron chi connectivity index (χ1n) is 31.9. The maximum atomic E-state index is 12.5. The lowest BCUT2D eigenvalue weighted by molar-refractivity contribution is -0.143. The van der Waals surface area contributed by atoms with E-state index in [1.54, 1.807) is 0 Å². The SMILES string of the molecule is CCCCC/C=C\C/C=C\CCCCCCCCCC(=O)OCCCCC/C=C\C=C/CCCCCCCCC(=O)NC(CO)C(O)CCCCCCCCCCCCCCCCCCCCCCCCC. The highest BCUT2D eigenvalue weighted by atomic mass is 16.5. The second-order valence-corrected chi connectivity index (χ2v) is 21.8. The average molecular weight is 1010 g/mol. The molecule has 2 unspecified atom stereocenters. The summed E-state index contributed by atoms with van der Waals surface area (Å²) in [6.45, 7) is 4.89. The Morgan fingerprint density at radius 3 is 1.17 bits per heavy atom. The number of aliphatic hydroxyl groups is 2. The summed E-state index contributed by atoms with van der Waals surface area (Å²) in [4.78, 5) is 24.6. The van der Waals surface area contributed by atoms with E-state index in [2.05, 4.69) is 67.8 Å². The quantitative estimate of drug-likeness (QED) is 0.0244. The van der Waals surface area contributed by atoms with Gasteiger partial charge in [0.25, 0.3) is 0 Å². The molecular weight excluding hydrogens is 887 g/mol. The number of hydrogen-bond acceptors (Lipinski definition) is 5. The van der Waals surface area contributed by atoms with E-state index in [-0.39, 0.29) is 18.5 Å². The van der Waals surface area contributed by atoms with Crippen LogP contribution in [-0.2, 0) is 14.3 Å². The van der Waals surface area contributed by atoms with Crippen molar-refractivity contribution in [2.75, 3.05) is 13.2 Å². The number of esters is 1. The average Bonchev–Trinajstić information content (AvgIpc) is 3.38. The van der Waals surface area contributed by atoms with Crippen molar-refractivity contribution in [3.63, 3.8) is 0 Å². The van der Waals surface area contributed by atoms with Gasteiger partial charge in [0, 0.05) is 12.8 Å². The van der Waals surface area contributed by atoms with E-state index in [4.69, 9.17) is 4.74 Å². The molecule has 0 aliphatic heterocycles. The molecular formula is C66H123NO5. The number of rotatable bonds is 59.